The molecule has 2 N–H and O–H groups in total. The number of likely N-dealkylation sites (tertiary alicyclic amines) is 1. The molecule has 2 unspecified atom stereocenters. The average molecular weight is 344 g/mol. The summed E-state index contributed by atoms with van der Waals surface area (Å²) in [5, 5.41) is 0. The van der Waals surface area contributed by atoms with E-state index in [0.29, 0.717) is 0 Å². The van der Waals surface area contributed by atoms with Gasteiger partial charge in [-0.05, 0) is 56.0 Å². The van der Waals surface area contributed by atoms with E-state index in [2.05, 4.69) is 13.8 Å². The molecular formula is C19H24N2O2S. The molecule has 24 heavy (non-hydrogen) atoms. The van der Waals surface area contributed by atoms with Gasteiger partial charge in [-0.15, -0.1) is 11.3 Å². The minimum atomic E-state index is 0.127. The number of rotatable bonds is 3. The number of aryl methyl sites for hydroxylation is 1. The SMILES string of the molecule is COc1ccc(-c2cc(C(=O)N3CCC(N)CC3C)sc2C)cc1. The minimum Gasteiger partial charge on any atom is -0.497 e. The van der Waals surface area contributed by atoms with Crippen molar-refractivity contribution in [3.63, 3.8) is 0 Å². The number of carbonyl (C=O) groups excluding carboxylic acids is 1. The zero-order valence-corrected chi connectivity index (χ0v) is 15.2. The lowest BCUT2D eigenvalue weighted by Crippen LogP contribution is -2.48. The molecule has 1 aromatic carbocycles. The Hall–Kier alpha value is -1.85. The van der Waals surface area contributed by atoms with Gasteiger partial charge in [-0.3, -0.25) is 4.79 Å². The van der Waals surface area contributed by atoms with E-state index < -0.39 is 0 Å². The number of piperidine rings is 1. The van der Waals surface area contributed by atoms with Crippen LogP contribution in [0.15, 0.2) is 30.3 Å². The Labute approximate surface area is 147 Å². The summed E-state index contributed by atoms with van der Waals surface area (Å²) in [5.74, 6) is 0.962. The Bertz CT molecular complexity index is 723. The molecule has 1 amide bonds. The fraction of sp³-hybridized carbons (Fsp3) is 0.421. The number of nitrogens with two attached hydrogens (primary N) is 1. The molecule has 4 nitrogen and oxygen atoms in total. The number of nitrogens with zero attached hydrogens (tertiary/aromatic N) is 1. The third kappa shape index (κ3) is 3.32. The Kier molecular flexibility index (Phi) is 4.92. The first-order chi connectivity index (χ1) is 11.5. The normalized spacial score (nSPS) is 20.9. The van der Waals surface area contributed by atoms with Crippen LogP contribution in [-0.2, 0) is 0 Å². The van der Waals surface area contributed by atoms with Crippen LogP contribution in [0.25, 0.3) is 11.1 Å². The van der Waals surface area contributed by atoms with Crippen molar-refractivity contribution < 1.29 is 9.53 Å². The van der Waals surface area contributed by atoms with Gasteiger partial charge < -0.3 is 15.4 Å². The fourth-order valence-electron chi connectivity index (χ4n) is 3.30. The second-order valence-electron chi connectivity index (χ2n) is 6.44. The maximum atomic E-state index is 12.9. The van der Waals surface area contributed by atoms with Crippen molar-refractivity contribution in [2.45, 2.75) is 38.8 Å². The molecule has 0 spiro atoms. The number of benzene rings is 1. The second-order valence-corrected chi connectivity index (χ2v) is 7.70. The maximum Gasteiger partial charge on any atom is 0.264 e. The van der Waals surface area contributed by atoms with Crippen LogP contribution in [0.3, 0.4) is 0 Å². The summed E-state index contributed by atoms with van der Waals surface area (Å²) >= 11 is 1.57. The molecular weight excluding hydrogens is 320 g/mol. The Morgan fingerprint density at radius 3 is 2.67 bits per heavy atom. The van der Waals surface area contributed by atoms with Gasteiger partial charge in [-0.25, -0.2) is 0 Å². The minimum absolute atomic E-state index is 0.127. The number of carbonyl (C=O) groups is 1. The molecule has 1 aromatic heterocycles. The van der Waals surface area contributed by atoms with E-state index in [1.165, 1.54) is 0 Å². The molecule has 1 aliphatic heterocycles. The topological polar surface area (TPSA) is 55.6 Å². The summed E-state index contributed by atoms with van der Waals surface area (Å²) in [6.45, 7) is 4.90. The summed E-state index contributed by atoms with van der Waals surface area (Å²) in [4.78, 5) is 16.8. The molecule has 2 atom stereocenters. The van der Waals surface area contributed by atoms with E-state index in [0.717, 1.165) is 46.0 Å². The van der Waals surface area contributed by atoms with Crippen LogP contribution in [0.4, 0.5) is 0 Å². The molecule has 5 heteroatoms. The maximum absolute atomic E-state index is 12.9. The summed E-state index contributed by atoms with van der Waals surface area (Å²) < 4.78 is 5.21. The standard InChI is InChI=1S/C19H24N2O2S/c1-12-10-15(20)8-9-21(12)19(22)18-11-17(13(2)24-18)14-4-6-16(23-3)7-5-14/h4-7,11-12,15H,8-10,20H2,1-3H3. The van der Waals surface area contributed by atoms with E-state index in [9.17, 15) is 4.79 Å². The molecule has 0 aliphatic carbocycles. The van der Waals surface area contributed by atoms with Gasteiger partial charge in [-0.1, -0.05) is 12.1 Å². The first kappa shape index (κ1) is 17.0. The molecule has 2 aromatic rings. The first-order valence-corrected chi connectivity index (χ1v) is 9.12. The predicted molar refractivity (Wildman–Crippen MR) is 98.8 cm³/mol. The van der Waals surface area contributed by atoms with Gasteiger partial charge in [0, 0.05) is 23.5 Å². The van der Waals surface area contributed by atoms with E-state index >= 15 is 0 Å². The Balaban J connectivity index is 1.84. The van der Waals surface area contributed by atoms with Crippen molar-refractivity contribution in [1.29, 1.82) is 0 Å². The zero-order valence-electron chi connectivity index (χ0n) is 14.4. The lowest BCUT2D eigenvalue weighted by molar-refractivity contribution is 0.0624. The molecule has 128 valence electrons. The number of methoxy groups -OCH3 is 1. The molecule has 0 bridgehead atoms. The highest BCUT2D eigenvalue weighted by Gasteiger charge is 2.29. The van der Waals surface area contributed by atoms with Crippen molar-refractivity contribution in [3.8, 4) is 16.9 Å². The highest BCUT2D eigenvalue weighted by Crippen LogP contribution is 2.33. The lowest BCUT2D eigenvalue weighted by atomic mass is 9.99. The Morgan fingerprint density at radius 2 is 2.04 bits per heavy atom. The molecule has 1 fully saturated rings. The first-order valence-electron chi connectivity index (χ1n) is 8.31. The highest BCUT2D eigenvalue weighted by atomic mass is 32.1. The van der Waals surface area contributed by atoms with Crippen LogP contribution >= 0.6 is 11.3 Å². The van der Waals surface area contributed by atoms with Crippen molar-refractivity contribution in [2.75, 3.05) is 13.7 Å². The number of thiophene rings is 1. The molecule has 1 saturated heterocycles. The van der Waals surface area contributed by atoms with Gasteiger partial charge in [0.1, 0.15) is 5.75 Å². The van der Waals surface area contributed by atoms with Crippen LogP contribution in [0.1, 0.15) is 34.3 Å². The van der Waals surface area contributed by atoms with E-state index in [-0.39, 0.29) is 18.0 Å². The zero-order chi connectivity index (χ0) is 17.3. The number of ether oxygens (including phenoxy) is 1. The number of hydrogen-bond acceptors (Lipinski definition) is 4. The summed E-state index contributed by atoms with van der Waals surface area (Å²) in [6, 6.07) is 10.4. The Morgan fingerprint density at radius 1 is 1.33 bits per heavy atom. The third-order valence-corrected chi connectivity index (χ3v) is 5.75. The van der Waals surface area contributed by atoms with Crippen molar-refractivity contribution in [1.82, 2.24) is 4.90 Å². The van der Waals surface area contributed by atoms with Crippen LogP contribution in [0.5, 0.6) is 5.75 Å². The molecule has 0 saturated carbocycles. The van der Waals surface area contributed by atoms with Crippen LogP contribution in [0, 0.1) is 6.92 Å². The average Bonchev–Trinajstić information content (AvgIpc) is 2.96. The van der Waals surface area contributed by atoms with Gasteiger partial charge in [0.05, 0.1) is 12.0 Å². The third-order valence-electron chi connectivity index (χ3n) is 4.71. The molecule has 3 rings (SSSR count). The largest absolute Gasteiger partial charge is 0.497 e. The van der Waals surface area contributed by atoms with E-state index in [1.807, 2.05) is 35.2 Å². The van der Waals surface area contributed by atoms with Gasteiger partial charge >= 0.3 is 0 Å². The summed E-state index contributed by atoms with van der Waals surface area (Å²) in [6.07, 6.45) is 1.76. The summed E-state index contributed by atoms with van der Waals surface area (Å²) in [7, 11) is 1.66. The van der Waals surface area contributed by atoms with Crippen LogP contribution in [0.2, 0.25) is 0 Å². The molecule has 2 heterocycles. The predicted octanol–water partition coefficient (Wildman–Crippen LogP) is 3.68. The van der Waals surface area contributed by atoms with Gasteiger partial charge in [-0.2, -0.15) is 0 Å². The second kappa shape index (κ2) is 6.95. The quantitative estimate of drug-likeness (QED) is 0.924. The van der Waals surface area contributed by atoms with Gasteiger partial charge in [0.15, 0.2) is 0 Å². The van der Waals surface area contributed by atoms with Crippen molar-refractivity contribution >= 4 is 17.2 Å². The summed E-state index contributed by atoms with van der Waals surface area (Å²) in [5.41, 5.74) is 8.24. The van der Waals surface area contributed by atoms with Crippen molar-refractivity contribution in [3.05, 3.63) is 40.1 Å². The number of hydrogen-bond donors (Lipinski definition) is 1. The van der Waals surface area contributed by atoms with Crippen molar-refractivity contribution in [2.24, 2.45) is 5.73 Å². The fourth-order valence-corrected chi connectivity index (χ4v) is 4.29. The smallest absolute Gasteiger partial charge is 0.264 e. The molecule has 1 aliphatic rings. The van der Waals surface area contributed by atoms with Gasteiger partial charge in [0.25, 0.3) is 5.91 Å². The van der Waals surface area contributed by atoms with Crippen LogP contribution in [-0.4, -0.2) is 36.5 Å². The van der Waals surface area contributed by atoms with E-state index in [1.54, 1.807) is 18.4 Å². The van der Waals surface area contributed by atoms with Gasteiger partial charge in [0.2, 0.25) is 0 Å². The highest BCUT2D eigenvalue weighted by molar-refractivity contribution is 7.14. The monoisotopic (exact) mass is 344 g/mol. The lowest BCUT2D eigenvalue weighted by Gasteiger charge is -2.36. The van der Waals surface area contributed by atoms with Crippen LogP contribution < -0.4 is 10.5 Å². The number of amides is 1. The molecule has 0 radical (unpaired) electrons. The van der Waals surface area contributed by atoms with E-state index in [4.69, 9.17) is 10.5 Å².